The van der Waals surface area contributed by atoms with Gasteiger partial charge in [0, 0.05) is 11.1 Å². The lowest BCUT2D eigenvalue weighted by atomic mass is 9.91. The van der Waals surface area contributed by atoms with E-state index in [1.807, 2.05) is 12.1 Å². The molecule has 0 aromatic heterocycles. The van der Waals surface area contributed by atoms with Crippen molar-refractivity contribution in [2.45, 2.75) is 38.1 Å². The van der Waals surface area contributed by atoms with Crippen LogP contribution in [0.15, 0.2) is 24.3 Å². The van der Waals surface area contributed by atoms with Crippen molar-refractivity contribution in [2.24, 2.45) is 0 Å². The molecule has 4 heteroatoms. The number of piperidine rings is 1. The van der Waals surface area contributed by atoms with Crippen LogP contribution in [0.3, 0.4) is 0 Å². The van der Waals surface area contributed by atoms with Gasteiger partial charge in [-0.05, 0) is 49.5 Å². The van der Waals surface area contributed by atoms with Gasteiger partial charge in [-0.1, -0.05) is 37.1 Å². The number of hydrogen-bond donors (Lipinski definition) is 1. The molecule has 19 heavy (non-hydrogen) atoms. The molecule has 0 saturated carbocycles. The molecule has 108 valence electrons. The van der Waals surface area contributed by atoms with Gasteiger partial charge in [-0.2, -0.15) is 0 Å². The average Bonchev–Trinajstić information content (AvgIpc) is 2.41. The second-order valence-electron chi connectivity index (χ2n) is 5.19. The van der Waals surface area contributed by atoms with Gasteiger partial charge in [0.2, 0.25) is 0 Å². The van der Waals surface area contributed by atoms with Crippen LogP contribution in [-0.4, -0.2) is 35.7 Å². The third-order valence-corrected chi connectivity index (χ3v) is 4.27. The van der Waals surface area contributed by atoms with Gasteiger partial charge in [0.25, 0.3) is 0 Å². The molecule has 0 radical (unpaired) electrons. The number of aliphatic hydroxyl groups is 1. The van der Waals surface area contributed by atoms with Crippen LogP contribution in [0.2, 0.25) is 5.02 Å². The zero-order valence-corrected chi connectivity index (χ0v) is 13.0. The molecule has 1 heterocycles. The first kappa shape index (κ1) is 16.8. The molecular formula is C15H23Cl2NO. The average molecular weight is 304 g/mol. The number of rotatable bonds is 4. The van der Waals surface area contributed by atoms with Gasteiger partial charge < -0.3 is 5.11 Å². The van der Waals surface area contributed by atoms with Crippen LogP contribution >= 0.6 is 24.0 Å². The van der Waals surface area contributed by atoms with Crippen molar-refractivity contribution in [3.63, 3.8) is 0 Å². The predicted octanol–water partition coefficient (Wildman–Crippen LogP) is 3.71. The van der Waals surface area contributed by atoms with Crippen molar-refractivity contribution < 1.29 is 5.11 Å². The summed E-state index contributed by atoms with van der Waals surface area (Å²) < 4.78 is 0. The lowest BCUT2D eigenvalue weighted by molar-refractivity contribution is 0.0894. The van der Waals surface area contributed by atoms with Gasteiger partial charge in [-0.25, -0.2) is 0 Å². The molecule has 2 atom stereocenters. The monoisotopic (exact) mass is 303 g/mol. The van der Waals surface area contributed by atoms with E-state index in [1.54, 1.807) is 0 Å². The second-order valence-corrected chi connectivity index (χ2v) is 5.62. The van der Waals surface area contributed by atoms with E-state index in [4.69, 9.17) is 11.6 Å². The van der Waals surface area contributed by atoms with E-state index in [1.165, 1.54) is 24.8 Å². The normalized spacial score (nSPS) is 19.5. The minimum atomic E-state index is 0. The summed E-state index contributed by atoms with van der Waals surface area (Å²) in [4.78, 5) is 2.43. The number of aliphatic hydroxyl groups excluding tert-OH is 1. The van der Waals surface area contributed by atoms with Crippen LogP contribution in [0.1, 0.15) is 37.7 Å². The van der Waals surface area contributed by atoms with Crippen LogP contribution < -0.4 is 0 Å². The van der Waals surface area contributed by atoms with Crippen LogP contribution in [0.5, 0.6) is 0 Å². The number of benzene rings is 1. The van der Waals surface area contributed by atoms with E-state index in [9.17, 15) is 5.11 Å². The number of likely N-dealkylation sites (tertiary alicyclic amines) is 1. The number of nitrogens with zero attached hydrogens (tertiary/aromatic N) is 1. The third-order valence-electron chi connectivity index (χ3n) is 4.02. The highest BCUT2D eigenvalue weighted by Gasteiger charge is 2.25. The first-order valence-corrected chi connectivity index (χ1v) is 7.20. The summed E-state index contributed by atoms with van der Waals surface area (Å²) in [5, 5.41) is 10.5. The summed E-state index contributed by atoms with van der Waals surface area (Å²) in [6.07, 6.45) is 3.83. The molecule has 1 saturated heterocycles. The summed E-state index contributed by atoms with van der Waals surface area (Å²) in [5.74, 6) is 0.338. The van der Waals surface area contributed by atoms with Crippen molar-refractivity contribution in [1.82, 2.24) is 4.90 Å². The molecule has 0 amide bonds. The largest absolute Gasteiger partial charge is 0.395 e. The molecule has 0 spiro atoms. The third kappa shape index (κ3) is 4.35. The van der Waals surface area contributed by atoms with Crippen LogP contribution in [0.4, 0.5) is 0 Å². The Morgan fingerprint density at radius 2 is 1.74 bits per heavy atom. The summed E-state index contributed by atoms with van der Waals surface area (Å²) in [6, 6.07) is 8.22. The zero-order chi connectivity index (χ0) is 13.0. The number of halogens is 2. The molecule has 2 rings (SSSR count). The molecule has 2 nitrogen and oxygen atoms in total. The fourth-order valence-corrected chi connectivity index (χ4v) is 2.95. The van der Waals surface area contributed by atoms with Gasteiger partial charge in [-0.15, -0.1) is 12.4 Å². The summed E-state index contributed by atoms with van der Waals surface area (Å²) in [5.41, 5.74) is 1.25. The van der Waals surface area contributed by atoms with E-state index in [0.29, 0.717) is 5.92 Å². The fraction of sp³-hybridized carbons (Fsp3) is 0.600. The van der Waals surface area contributed by atoms with Crippen molar-refractivity contribution in [1.29, 1.82) is 0 Å². The highest BCUT2D eigenvalue weighted by molar-refractivity contribution is 6.30. The molecule has 1 aromatic carbocycles. The summed E-state index contributed by atoms with van der Waals surface area (Å²) in [6.45, 7) is 4.65. The van der Waals surface area contributed by atoms with Crippen molar-refractivity contribution in [2.75, 3.05) is 19.7 Å². The van der Waals surface area contributed by atoms with E-state index in [0.717, 1.165) is 18.1 Å². The van der Waals surface area contributed by atoms with Crippen molar-refractivity contribution in [3.8, 4) is 0 Å². The van der Waals surface area contributed by atoms with Gasteiger partial charge in [0.1, 0.15) is 0 Å². The first-order valence-electron chi connectivity index (χ1n) is 6.82. The Bertz CT molecular complexity index is 363. The topological polar surface area (TPSA) is 23.5 Å². The highest BCUT2D eigenvalue weighted by Crippen LogP contribution is 2.26. The maximum absolute atomic E-state index is 9.70. The van der Waals surface area contributed by atoms with Crippen LogP contribution in [-0.2, 0) is 0 Å². The second kappa shape index (κ2) is 8.11. The van der Waals surface area contributed by atoms with E-state index >= 15 is 0 Å². The Morgan fingerprint density at radius 3 is 2.26 bits per heavy atom. The Morgan fingerprint density at radius 1 is 1.16 bits per heavy atom. The van der Waals surface area contributed by atoms with Gasteiger partial charge in [0.05, 0.1) is 6.61 Å². The molecule has 1 aliphatic rings. The maximum atomic E-state index is 9.70. The quantitative estimate of drug-likeness (QED) is 0.916. The minimum Gasteiger partial charge on any atom is -0.395 e. The Hall–Kier alpha value is -0.280. The van der Waals surface area contributed by atoms with Gasteiger partial charge in [0.15, 0.2) is 0 Å². The van der Waals surface area contributed by atoms with Crippen molar-refractivity contribution >= 4 is 24.0 Å². The maximum Gasteiger partial charge on any atom is 0.0592 e. The minimum absolute atomic E-state index is 0. The smallest absolute Gasteiger partial charge is 0.0592 e. The van der Waals surface area contributed by atoms with E-state index < -0.39 is 0 Å². The summed E-state index contributed by atoms with van der Waals surface area (Å²) >= 11 is 5.92. The predicted molar refractivity (Wildman–Crippen MR) is 83.4 cm³/mol. The standard InChI is InChI=1S/C15H22ClNO.ClH/c1-12(13-5-7-14(16)8-6-13)15(11-18)17-9-3-2-4-10-17;/h5-8,12,15,18H,2-4,9-11H2,1H3;1H. The number of hydrogen-bond acceptors (Lipinski definition) is 2. The highest BCUT2D eigenvalue weighted by atomic mass is 35.5. The van der Waals surface area contributed by atoms with Crippen LogP contribution in [0.25, 0.3) is 0 Å². The molecule has 2 unspecified atom stereocenters. The molecular weight excluding hydrogens is 281 g/mol. The lowest BCUT2D eigenvalue weighted by Gasteiger charge is -2.37. The van der Waals surface area contributed by atoms with Crippen LogP contribution in [0, 0.1) is 0 Å². The molecule has 1 fully saturated rings. The molecule has 0 aliphatic carbocycles. The van der Waals surface area contributed by atoms with E-state index in [-0.39, 0.29) is 25.1 Å². The lowest BCUT2D eigenvalue weighted by Crippen LogP contribution is -2.44. The molecule has 1 N–H and O–H groups in total. The molecule has 1 aliphatic heterocycles. The zero-order valence-electron chi connectivity index (χ0n) is 11.4. The first-order chi connectivity index (χ1) is 8.72. The Balaban J connectivity index is 0.00000180. The molecule has 1 aromatic rings. The molecule has 0 bridgehead atoms. The Kier molecular flexibility index (Phi) is 7.16. The Labute approximate surface area is 127 Å². The summed E-state index contributed by atoms with van der Waals surface area (Å²) in [7, 11) is 0. The SMILES string of the molecule is CC(c1ccc(Cl)cc1)C(CO)N1CCCCC1.Cl. The van der Waals surface area contributed by atoms with Crippen molar-refractivity contribution in [3.05, 3.63) is 34.9 Å². The fourth-order valence-electron chi connectivity index (χ4n) is 2.83. The van der Waals surface area contributed by atoms with Gasteiger partial charge in [-0.3, -0.25) is 4.90 Å². The van der Waals surface area contributed by atoms with E-state index in [2.05, 4.69) is 24.0 Å². The van der Waals surface area contributed by atoms with Gasteiger partial charge >= 0.3 is 0 Å².